The van der Waals surface area contributed by atoms with Crippen LogP contribution in [-0.2, 0) is 24.2 Å². The molecular formula is C18H21N3O10S. The number of carbonyl (C=O) groups is 4. The molecule has 13 nitrogen and oxygen atoms in total. The van der Waals surface area contributed by atoms with Gasteiger partial charge >= 0.3 is 12.1 Å². The molecule has 2 heterocycles. The highest BCUT2D eigenvalue weighted by molar-refractivity contribution is 7.94. The molecule has 5 N–H and O–H groups in total. The summed E-state index contributed by atoms with van der Waals surface area (Å²) in [5, 5.41) is 26.9. The van der Waals surface area contributed by atoms with Gasteiger partial charge in [-0.05, 0) is 25.1 Å². The van der Waals surface area contributed by atoms with Crippen LogP contribution in [0, 0.1) is 0 Å². The maximum Gasteiger partial charge on any atom is 0.421 e. The molecule has 0 aromatic heterocycles. The maximum atomic E-state index is 12.7. The molecule has 3 rings (SSSR count). The van der Waals surface area contributed by atoms with E-state index in [2.05, 4.69) is 10.9 Å². The van der Waals surface area contributed by atoms with Crippen molar-refractivity contribution < 1.29 is 47.7 Å². The van der Waals surface area contributed by atoms with E-state index in [1.165, 1.54) is 6.07 Å². The standard InChI is InChI=1S/C18H21N3O10S/c1-18(15(16(26)27)21-13(25)7-14(21)32(18,29)30)8-31-17(28)20-19-5-4-10(22)9-2-3-11(23)12(24)6-9/h2-3,6,14-15,19,23-24H,4-5,7-8H2,1H3,(H,20,28)(H,26,27)/t14-,15+,18+/m1/s1. The number of nitrogens with zero attached hydrogens (tertiary/aromatic N) is 1. The van der Waals surface area contributed by atoms with Gasteiger partial charge in [0.05, 0.1) is 6.42 Å². The predicted molar refractivity (Wildman–Crippen MR) is 105 cm³/mol. The maximum absolute atomic E-state index is 12.7. The number of amides is 2. The molecule has 14 heteroatoms. The van der Waals surface area contributed by atoms with Crippen molar-refractivity contribution in [2.45, 2.75) is 35.9 Å². The minimum atomic E-state index is -4.11. The van der Waals surface area contributed by atoms with Crippen molar-refractivity contribution in [2.75, 3.05) is 13.2 Å². The number of aromatic hydroxyl groups is 2. The Morgan fingerprint density at radius 3 is 2.53 bits per heavy atom. The largest absolute Gasteiger partial charge is 0.504 e. The fraction of sp³-hybridized carbons (Fsp3) is 0.444. The van der Waals surface area contributed by atoms with Gasteiger partial charge < -0.3 is 25.0 Å². The van der Waals surface area contributed by atoms with E-state index in [-0.39, 0.29) is 30.7 Å². The first kappa shape index (κ1) is 23.3. The molecule has 2 amide bonds. The summed E-state index contributed by atoms with van der Waals surface area (Å²) in [6, 6.07) is 1.88. The zero-order valence-electron chi connectivity index (χ0n) is 16.8. The molecule has 1 aromatic carbocycles. The molecule has 2 aliphatic rings. The summed E-state index contributed by atoms with van der Waals surface area (Å²) in [4.78, 5) is 48.1. The SMILES string of the molecule is C[C@]1(COC(=O)NNCCC(=O)c2ccc(O)c(O)c2)[C@H](C(=O)O)N2C(=O)C[C@H]2S1(=O)=O. The molecule has 2 fully saturated rings. The van der Waals surface area contributed by atoms with E-state index in [9.17, 15) is 42.9 Å². The van der Waals surface area contributed by atoms with Gasteiger partial charge in [-0.3, -0.25) is 15.0 Å². The minimum Gasteiger partial charge on any atom is -0.504 e. The van der Waals surface area contributed by atoms with E-state index in [1.807, 2.05) is 0 Å². The van der Waals surface area contributed by atoms with Crippen LogP contribution in [0.15, 0.2) is 18.2 Å². The molecule has 3 atom stereocenters. The number of Topliss-reactive ketones (excluding diaryl/α,β-unsaturated/α-hetero) is 1. The molecule has 2 saturated heterocycles. The lowest BCUT2D eigenvalue weighted by Gasteiger charge is -2.35. The second-order valence-corrected chi connectivity index (χ2v) is 10.1. The van der Waals surface area contributed by atoms with Crippen LogP contribution in [0.1, 0.15) is 30.1 Å². The number of benzene rings is 1. The third kappa shape index (κ3) is 3.82. The second kappa shape index (κ2) is 8.27. The van der Waals surface area contributed by atoms with Crippen molar-refractivity contribution in [3.8, 4) is 11.5 Å². The van der Waals surface area contributed by atoms with E-state index in [1.54, 1.807) is 0 Å². The fourth-order valence-electron chi connectivity index (χ4n) is 3.67. The zero-order valence-corrected chi connectivity index (χ0v) is 17.6. The number of ether oxygens (including phenoxy) is 1. The lowest BCUT2D eigenvalue weighted by molar-refractivity contribution is -0.158. The number of rotatable bonds is 8. The van der Waals surface area contributed by atoms with Crippen molar-refractivity contribution in [1.29, 1.82) is 0 Å². The molecule has 0 saturated carbocycles. The topological polar surface area (TPSA) is 200 Å². The van der Waals surface area contributed by atoms with E-state index in [0.29, 0.717) is 0 Å². The number of ketones is 1. The van der Waals surface area contributed by atoms with Crippen molar-refractivity contribution in [3.05, 3.63) is 23.8 Å². The van der Waals surface area contributed by atoms with Gasteiger partial charge in [-0.1, -0.05) is 0 Å². The lowest BCUT2D eigenvalue weighted by Crippen LogP contribution is -2.58. The third-order valence-electron chi connectivity index (χ3n) is 5.50. The van der Waals surface area contributed by atoms with Gasteiger partial charge in [0.2, 0.25) is 5.91 Å². The molecule has 0 radical (unpaired) electrons. The average Bonchev–Trinajstić information content (AvgIpc) is 2.86. The normalized spacial score (nSPS) is 25.5. The molecule has 32 heavy (non-hydrogen) atoms. The molecule has 2 aliphatic heterocycles. The van der Waals surface area contributed by atoms with Crippen molar-refractivity contribution in [2.24, 2.45) is 0 Å². The highest BCUT2D eigenvalue weighted by Gasteiger charge is 2.70. The summed E-state index contributed by atoms with van der Waals surface area (Å²) in [6.07, 6.45) is -1.53. The molecule has 174 valence electrons. The highest BCUT2D eigenvalue weighted by Crippen LogP contribution is 2.46. The minimum absolute atomic E-state index is 0.0484. The first-order valence-electron chi connectivity index (χ1n) is 9.38. The van der Waals surface area contributed by atoms with Crippen molar-refractivity contribution >= 4 is 33.6 Å². The Hall–Kier alpha value is -3.39. The number of hydrogen-bond donors (Lipinski definition) is 5. The van der Waals surface area contributed by atoms with Crippen molar-refractivity contribution in [3.63, 3.8) is 0 Å². The van der Waals surface area contributed by atoms with Gasteiger partial charge in [-0.25, -0.2) is 23.4 Å². The van der Waals surface area contributed by atoms with Crippen LogP contribution in [0.3, 0.4) is 0 Å². The average molecular weight is 471 g/mol. The Morgan fingerprint density at radius 1 is 1.25 bits per heavy atom. The van der Waals surface area contributed by atoms with Crippen LogP contribution in [0.2, 0.25) is 0 Å². The Morgan fingerprint density at radius 2 is 1.94 bits per heavy atom. The number of β-lactam (4-membered cyclic amide) rings is 1. The third-order valence-corrected chi connectivity index (χ3v) is 8.25. The fourth-order valence-corrected chi connectivity index (χ4v) is 5.94. The summed E-state index contributed by atoms with van der Waals surface area (Å²) >= 11 is 0. The van der Waals surface area contributed by atoms with E-state index >= 15 is 0 Å². The quantitative estimate of drug-likeness (QED) is 0.103. The first-order valence-corrected chi connectivity index (χ1v) is 10.9. The van der Waals surface area contributed by atoms with Gasteiger partial charge in [-0.2, -0.15) is 0 Å². The Balaban J connectivity index is 1.51. The summed E-state index contributed by atoms with van der Waals surface area (Å²) < 4.78 is 28.3. The smallest absolute Gasteiger partial charge is 0.421 e. The molecular weight excluding hydrogens is 450 g/mol. The lowest BCUT2D eigenvalue weighted by atomic mass is 9.97. The number of carboxylic acid groups (broad SMARTS) is 1. The van der Waals surface area contributed by atoms with Gasteiger partial charge in [-0.15, -0.1) is 0 Å². The number of nitrogens with one attached hydrogen (secondary N) is 2. The number of carbonyl (C=O) groups excluding carboxylic acids is 3. The van der Waals surface area contributed by atoms with Gasteiger partial charge in [0.25, 0.3) is 0 Å². The molecule has 1 aromatic rings. The monoisotopic (exact) mass is 471 g/mol. The number of fused-ring (bicyclic) bond motifs is 1. The van der Waals surface area contributed by atoms with Crippen LogP contribution >= 0.6 is 0 Å². The molecule has 0 unspecified atom stereocenters. The molecule has 0 bridgehead atoms. The van der Waals surface area contributed by atoms with E-state index in [0.717, 1.165) is 24.0 Å². The predicted octanol–water partition coefficient (Wildman–Crippen LogP) is -0.900. The van der Waals surface area contributed by atoms with Crippen LogP contribution in [-0.4, -0.2) is 81.7 Å². The summed E-state index contributed by atoms with van der Waals surface area (Å²) in [5.74, 6) is -3.35. The summed E-state index contributed by atoms with van der Waals surface area (Å²) in [5.41, 5.74) is 4.64. The van der Waals surface area contributed by atoms with Crippen LogP contribution in [0.4, 0.5) is 4.79 Å². The van der Waals surface area contributed by atoms with Gasteiger partial charge in [0, 0.05) is 18.5 Å². The number of phenolic OH excluding ortho intramolecular Hbond substituents is 2. The Bertz CT molecular complexity index is 1090. The number of hydrogen-bond acceptors (Lipinski definition) is 10. The summed E-state index contributed by atoms with van der Waals surface area (Å²) in [7, 11) is -4.11. The van der Waals surface area contributed by atoms with Crippen LogP contribution in [0.25, 0.3) is 0 Å². The van der Waals surface area contributed by atoms with Crippen LogP contribution in [0.5, 0.6) is 11.5 Å². The van der Waals surface area contributed by atoms with Gasteiger partial charge in [0.1, 0.15) is 16.7 Å². The molecule has 0 spiro atoms. The Kier molecular flexibility index (Phi) is 6.02. The highest BCUT2D eigenvalue weighted by atomic mass is 32.2. The number of phenols is 2. The van der Waals surface area contributed by atoms with Gasteiger partial charge in [0.15, 0.2) is 33.2 Å². The number of hydrazine groups is 1. The number of carboxylic acids is 1. The summed E-state index contributed by atoms with van der Waals surface area (Å²) in [6.45, 7) is 0.262. The molecule has 0 aliphatic carbocycles. The van der Waals surface area contributed by atoms with Crippen LogP contribution < -0.4 is 10.9 Å². The number of sulfone groups is 1. The number of aliphatic carboxylic acids is 1. The second-order valence-electron chi connectivity index (χ2n) is 7.56. The van der Waals surface area contributed by atoms with E-state index < -0.39 is 62.1 Å². The zero-order chi connectivity index (χ0) is 23.8. The van der Waals surface area contributed by atoms with E-state index in [4.69, 9.17) is 4.74 Å². The first-order chi connectivity index (χ1) is 14.9. The Labute approximate surface area is 181 Å². The van der Waals surface area contributed by atoms with Crippen molar-refractivity contribution in [1.82, 2.24) is 15.8 Å².